The van der Waals surface area contributed by atoms with Gasteiger partial charge in [0.2, 0.25) is 17.6 Å². The molecule has 14 nitrogen and oxygen atoms in total. The zero-order valence-corrected chi connectivity index (χ0v) is 30.6. The van der Waals surface area contributed by atoms with E-state index in [1.54, 1.807) is 12.4 Å². The van der Waals surface area contributed by atoms with E-state index < -0.39 is 64.7 Å². The number of aromatic nitrogens is 3. The van der Waals surface area contributed by atoms with Gasteiger partial charge in [-0.05, 0) is 36.6 Å². The quantitative estimate of drug-likeness (QED) is 0.0650. The molecule has 1 unspecified atom stereocenters. The average molecular weight is 790 g/mol. The standard InChI is InChI=1S/C40H38F3N5O9/c1-23-2-6-30(38(49)46-23)48-39(50)32-33(40(48)51)35(42)37(36(43)34(32)41)57-19-17-55-15-13-53-11-10-52-12-14-54-16-18-56-31-7-4-25(21-45-31)24-3-5-26-27-22-44-9-8-28(27)47-29(26)20-24/h3-5,7-9,20-22,30,47H,1-2,6,10-19H2,(H,46,49). The lowest BCUT2D eigenvalue weighted by molar-refractivity contribution is -0.125. The Hall–Kier alpha value is -5.88. The van der Waals surface area contributed by atoms with Crippen molar-refractivity contribution in [2.24, 2.45) is 0 Å². The molecule has 5 heterocycles. The second kappa shape index (κ2) is 17.9. The number of allylic oxidation sites excluding steroid dienone is 1. The van der Waals surface area contributed by atoms with Crippen LogP contribution in [0.15, 0.2) is 67.3 Å². The number of carbonyl (C=O) groups excluding carboxylic acids is 3. The molecule has 0 radical (unpaired) electrons. The fraction of sp³-hybridized carbons (Fsp3) is 0.325. The van der Waals surface area contributed by atoms with Gasteiger partial charge in [-0.2, -0.15) is 4.39 Å². The number of benzene rings is 2. The summed E-state index contributed by atoms with van der Waals surface area (Å²) in [5, 5.41) is 4.60. The Morgan fingerprint density at radius 2 is 1.33 bits per heavy atom. The summed E-state index contributed by atoms with van der Waals surface area (Å²) in [4.78, 5) is 50.6. The second-order valence-electron chi connectivity index (χ2n) is 13.0. The van der Waals surface area contributed by atoms with Crippen LogP contribution in [0.4, 0.5) is 13.2 Å². The van der Waals surface area contributed by atoms with Gasteiger partial charge in [0.1, 0.15) is 19.3 Å². The lowest BCUT2D eigenvalue weighted by atomic mass is 10.0. The number of nitrogens with one attached hydrogen (secondary N) is 2. The highest BCUT2D eigenvalue weighted by Crippen LogP contribution is 2.38. The molecule has 3 aromatic heterocycles. The van der Waals surface area contributed by atoms with Crippen LogP contribution < -0.4 is 14.8 Å². The highest BCUT2D eigenvalue weighted by atomic mass is 19.2. The van der Waals surface area contributed by atoms with Crippen LogP contribution in [-0.4, -0.2) is 110 Å². The molecule has 3 amide bonds. The summed E-state index contributed by atoms with van der Waals surface area (Å²) in [6.45, 7) is 5.35. The Morgan fingerprint density at radius 3 is 1.98 bits per heavy atom. The highest BCUT2D eigenvalue weighted by molar-refractivity contribution is 6.23. The molecular weight excluding hydrogens is 751 g/mol. The molecule has 2 aromatic carbocycles. The van der Waals surface area contributed by atoms with Crippen molar-refractivity contribution < 1.29 is 56.0 Å². The number of amides is 3. The van der Waals surface area contributed by atoms with Crippen LogP contribution in [0, 0.1) is 17.5 Å². The van der Waals surface area contributed by atoms with Crippen LogP contribution >= 0.6 is 0 Å². The Labute approximate surface area is 323 Å². The van der Waals surface area contributed by atoms with E-state index in [4.69, 9.17) is 28.4 Å². The van der Waals surface area contributed by atoms with Crippen LogP contribution in [0.1, 0.15) is 33.6 Å². The van der Waals surface area contributed by atoms with Crippen molar-refractivity contribution in [2.75, 3.05) is 66.1 Å². The van der Waals surface area contributed by atoms with E-state index in [0.29, 0.717) is 49.5 Å². The molecule has 7 rings (SSSR count). The maximum atomic E-state index is 15.3. The van der Waals surface area contributed by atoms with Crippen molar-refractivity contribution in [3.8, 4) is 22.8 Å². The summed E-state index contributed by atoms with van der Waals surface area (Å²) in [5.74, 6) is -9.03. The third-order valence-electron chi connectivity index (χ3n) is 9.32. The molecule has 2 aliphatic rings. The fourth-order valence-corrected chi connectivity index (χ4v) is 6.52. The Kier molecular flexibility index (Phi) is 12.4. The minimum atomic E-state index is -1.77. The number of fused-ring (bicyclic) bond motifs is 4. The van der Waals surface area contributed by atoms with Crippen LogP contribution in [0.2, 0.25) is 0 Å². The van der Waals surface area contributed by atoms with Crippen LogP contribution in [0.3, 0.4) is 0 Å². The summed E-state index contributed by atoms with van der Waals surface area (Å²) in [6, 6.07) is 10.6. The number of hydrogen-bond acceptors (Lipinski definition) is 11. The van der Waals surface area contributed by atoms with Gasteiger partial charge in [-0.3, -0.25) is 24.3 Å². The predicted octanol–water partition coefficient (Wildman–Crippen LogP) is 5.11. The number of pyridine rings is 2. The molecular formula is C40H38F3N5O9. The summed E-state index contributed by atoms with van der Waals surface area (Å²) >= 11 is 0. The van der Waals surface area contributed by atoms with E-state index >= 15 is 4.39 Å². The number of carbonyl (C=O) groups is 3. The summed E-state index contributed by atoms with van der Waals surface area (Å²) in [5.41, 5.74) is 2.37. The normalized spacial score (nSPS) is 15.5. The Morgan fingerprint density at radius 1 is 0.702 bits per heavy atom. The maximum absolute atomic E-state index is 15.3. The number of halogens is 3. The molecule has 2 N–H and O–H groups in total. The lowest BCUT2D eigenvalue weighted by Gasteiger charge is -2.29. The first-order valence-electron chi connectivity index (χ1n) is 18.2. The summed E-state index contributed by atoms with van der Waals surface area (Å²) < 4.78 is 77.5. The van der Waals surface area contributed by atoms with Gasteiger partial charge in [0.25, 0.3) is 11.8 Å². The predicted molar refractivity (Wildman–Crippen MR) is 198 cm³/mol. The Balaban J connectivity index is 0.719. The molecule has 0 spiro atoms. The molecule has 5 aromatic rings. The third-order valence-corrected chi connectivity index (χ3v) is 9.32. The first-order valence-corrected chi connectivity index (χ1v) is 18.2. The SMILES string of the molecule is C=C1CCC(N2C(=O)c3c(F)c(F)c(OCCOCCOCCOCCOCCOc4ccc(-c5ccc6c(c5)[nH]c5ccncc56)cn4)c(F)c3C2=O)C(=O)N1. The topological polar surface area (TPSA) is 163 Å². The zero-order chi connectivity index (χ0) is 39.9. The average Bonchev–Trinajstić information content (AvgIpc) is 3.71. The van der Waals surface area contributed by atoms with Gasteiger partial charge in [0.05, 0.1) is 64.0 Å². The number of nitrogens with zero attached hydrogens (tertiary/aromatic N) is 3. The van der Waals surface area contributed by atoms with E-state index in [1.165, 1.54) is 0 Å². The number of aromatic amines is 1. The summed E-state index contributed by atoms with van der Waals surface area (Å²) in [6.07, 6.45) is 5.64. The smallest absolute Gasteiger partial charge is 0.265 e. The number of rotatable bonds is 19. The van der Waals surface area contributed by atoms with E-state index in [1.807, 2.05) is 24.4 Å². The molecule has 0 bridgehead atoms. The zero-order valence-electron chi connectivity index (χ0n) is 30.6. The molecule has 1 fully saturated rings. The first kappa shape index (κ1) is 39.4. The lowest BCUT2D eigenvalue weighted by Crippen LogP contribution is -2.51. The number of piperidine rings is 1. The fourth-order valence-electron chi connectivity index (χ4n) is 6.52. The minimum Gasteiger partial charge on any atom is -0.485 e. The molecule has 1 atom stereocenters. The van der Waals surface area contributed by atoms with Crippen LogP contribution in [-0.2, 0) is 23.7 Å². The first-order chi connectivity index (χ1) is 27.7. The van der Waals surface area contributed by atoms with E-state index in [2.05, 4.69) is 45.0 Å². The van der Waals surface area contributed by atoms with Crippen molar-refractivity contribution in [3.63, 3.8) is 0 Å². The van der Waals surface area contributed by atoms with Gasteiger partial charge in [-0.25, -0.2) is 13.8 Å². The van der Waals surface area contributed by atoms with E-state index in [-0.39, 0.29) is 39.3 Å². The van der Waals surface area contributed by atoms with Crippen molar-refractivity contribution in [3.05, 3.63) is 95.8 Å². The number of hydrogen-bond donors (Lipinski definition) is 2. The van der Waals surface area contributed by atoms with Crippen molar-refractivity contribution in [1.82, 2.24) is 25.2 Å². The van der Waals surface area contributed by atoms with E-state index in [0.717, 1.165) is 32.9 Å². The van der Waals surface area contributed by atoms with Crippen LogP contribution in [0.5, 0.6) is 11.6 Å². The molecule has 57 heavy (non-hydrogen) atoms. The van der Waals surface area contributed by atoms with Crippen molar-refractivity contribution in [1.29, 1.82) is 0 Å². The van der Waals surface area contributed by atoms with Crippen molar-refractivity contribution >= 4 is 39.5 Å². The molecule has 1 saturated heterocycles. The molecule has 2 aliphatic heterocycles. The highest BCUT2D eigenvalue weighted by Gasteiger charge is 2.49. The molecule has 0 saturated carbocycles. The third kappa shape index (κ3) is 8.61. The van der Waals surface area contributed by atoms with Gasteiger partial charge >= 0.3 is 0 Å². The van der Waals surface area contributed by atoms with Gasteiger partial charge in [-0.1, -0.05) is 18.7 Å². The number of ether oxygens (including phenoxy) is 6. The van der Waals surface area contributed by atoms with Crippen molar-refractivity contribution in [2.45, 2.75) is 18.9 Å². The van der Waals surface area contributed by atoms with Gasteiger partial charge in [0, 0.05) is 57.7 Å². The van der Waals surface area contributed by atoms with Gasteiger partial charge < -0.3 is 38.7 Å². The number of imide groups is 1. The molecule has 298 valence electrons. The monoisotopic (exact) mass is 789 g/mol. The Bertz CT molecular complexity index is 2300. The summed E-state index contributed by atoms with van der Waals surface area (Å²) in [7, 11) is 0. The maximum Gasteiger partial charge on any atom is 0.265 e. The number of H-pyrrole nitrogens is 1. The van der Waals surface area contributed by atoms with Crippen LogP contribution in [0.25, 0.3) is 32.9 Å². The van der Waals surface area contributed by atoms with E-state index in [9.17, 15) is 23.2 Å². The molecule has 17 heteroatoms. The largest absolute Gasteiger partial charge is 0.485 e. The second-order valence-corrected chi connectivity index (χ2v) is 13.0. The minimum absolute atomic E-state index is 0.00677. The van der Waals surface area contributed by atoms with Gasteiger partial charge in [-0.15, -0.1) is 0 Å². The molecule has 0 aliphatic carbocycles. The van der Waals surface area contributed by atoms with Gasteiger partial charge in [0.15, 0.2) is 17.4 Å².